The predicted octanol–water partition coefficient (Wildman–Crippen LogP) is 3.26. The molecule has 0 aliphatic heterocycles. The summed E-state index contributed by atoms with van der Waals surface area (Å²) in [5.41, 5.74) is 0.381. The number of pyridine rings is 1. The van der Waals surface area contributed by atoms with Crippen LogP contribution < -0.4 is 5.32 Å². The van der Waals surface area contributed by atoms with Gasteiger partial charge in [0, 0.05) is 35.0 Å². The second-order valence-corrected chi connectivity index (χ2v) is 6.79. The lowest BCUT2D eigenvalue weighted by Crippen LogP contribution is -2.22. The van der Waals surface area contributed by atoms with Gasteiger partial charge in [0.2, 0.25) is 0 Å². The molecule has 3 aromatic rings. The Kier molecular flexibility index (Phi) is 5.36. The second-order valence-electron chi connectivity index (χ2n) is 5.70. The van der Waals surface area contributed by atoms with Gasteiger partial charge in [0.05, 0.1) is 33.7 Å². The summed E-state index contributed by atoms with van der Waals surface area (Å²) in [5, 5.41) is 25.3. The van der Waals surface area contributed by atoms with Gasteiger partial charge in [-0.2, -0.15) is 0 Å². The number of aromatic nitrogens is 2. The summed E-state index contributed by atoms with van der Waals surface area (Å²) in [4.78, 5) is 42.0. The first-order valence-corrected chi connectivity index (χ1v) is 8.75. The summed E-state index contributed by atoms with van der Waals surface area (Å²) in [7, 11) is 0. The topological polar surface area (TPSA) is 141 Å². The predicted molar refractivity (Wildman–Crippen MR) is 101 cm³/mol. The van der Waals surface area contributed by atoms with Crippen molar-refractivity contribution in [3.63, 3.8) is 0 Å². The summed E-state index contributed by atoms with van der Waals surface area (Å²) < 4.78 is 0. The maximum atomic E-state index is 12.4. The number of benzene rings is 1. The summed E-state index contributed by atoms with van der Waals surface area (Å²) in [6.07, 6.45) is 3.34. The molecule has 0 bridgehead atoms. The van der Waals surface area contributed by atoms with Gasteiger partial charge in [0.25, 0.3) is 17.3 Å². The quantitative estimate of drug-likeness (QED) is 0.495. The molecule has 10 nitrogen and oxygen atoms in total. The number of carbonyl (C=O) groups excluding carboxylic acids is 1. The van der Waals surface area contributed by atoms with E-state index in [1.165, 1.54) is 11.3 Å². The molecule has 0 aliphatic rings. The molecule has 2 heterocycles. The highest BCUT2D eigenvalue weighted by Crippen LogP contribution is 2.27. The maximum Gasteiger partial charge on any atom is 0.277 e. The van der Waals surface area contributed by atoms with Crippen molar-refractivity contribution in [2.75, 3.05) is 0 Å². The summed E-state index contributed by atoms with van der Waals surface area (Å²) in [6, 6.07) is 6.48. The van der Waals surface area contributed by atoms with Gasteiger partial charge in [-0.3, -0.25) is 30.0 Å². The lowest BCUT2D eigenvalue weighted by Gasteiger charge is -2.04. The molecule has 0 unspecified atom stereocenters. The fourth-order valence-corrected chi connectivity index (χ4v) is 3.40. The monoisotopic (exact) mass is 399 g/mol. The van der Waals surface area contributed by atoms with E-state index in [0.717, 1.165) is 39.3 Å². The lowest BCUT2D eigenvalue weighted by molar-refractivity contribution is -0.394. The van der Waals surface area contributed by atoms with E-state index in [2.05, 4.69) is 15.3 Å². The van der Waals surface area contributed by atoms with Crippen LogP contribution in [0.1, 0.15) is 20.9 Å². The van der Waals surface area contributed by atoms with Gasteiger partial charge in [0.1, 0.15) is 5.01 Å². The number of non-ortho nitro benzene ring substituents is 2. The van der Waals surface area contributed by atoms with E-state index in [9.17, 15) is 25.0 Å². The molecule has 28 heavy (non-hydrogen) atoms. The molecule has 0 spiro atoms. The Morgan fingerprint density at radius 2 is 1.86 bits per heavy atom. The Morgan fingerprint density at radius 1 is 1.18 bits per heavy atom. The number of hydrogen-bond acceptors (Lipinski definition) is 8. The minimum Gasteiger partial charge on any atom is -0.347 e. The molecule has 11 heteroatoms. The van der Waals surface area contributed by atoms with Crippen molar-refractivity contribution in [1.82, 2.24) is 15.3 Å². The molecule has 1 amide bonds. The first-order chi connectivity index (χ1) is 13.3. The standard InChI is InChI=1S/C17H13N5O5S/c1-10-15(28-17(20-10)11-3-2-4-18-8-11)9-19-16(23)12-5-13(21(24)25)7-14(6-12)22(26)27/h2-8H,9H2,1H3,(H,19,23). The van der Waals surface area contributed by atoms with Gasteiger partial charge in [0.15, 0.2) is 0 Å². The van der Waals surface area contributed by atoms with Crippen LogP contribution in [-0.4, -0.2) is 25.7 Å². The number of nitro groups is 2. The van der Waals surface area contributed by atoms with E-state index in [4.69, 9.17) is 0 Å². The van der Waals surface area contributed by atoms with Gasteiger partial charge < -0.3 is 5.32 Å². The number of nitro benzene ring substituents is 2. The molecular formula is C17H13N5O5S. The molecule has 3 rings (SSSR count). The van der Waals surface area contributed by atoms with E-state index < -0.39 is 27.1 Å². The van der Waals surface area contributed by atoms with E-state index >= 15 is 0 Å². The second kappa shape index (κ2) is 7.88. The van der Waals surface area contributed by atoms with Crippen molar-refractivity contribution in [2.24, 2.45) is 0 Å². The SMILES string of the molecule is Cc1nc(-c2cccnc2)sc1CNC(=O)c1cc([N+](=O)[O-])cc([N+](=O)[O-])c1. The molecule has 142 valence electrons. The molecule has 0 fully saturated rings. The lowest BCUT2D eigenvalue weighted by atomic mass is 10.1. The van der Waals surface area contributed by atoms with Crippen molar-refractivity contribution >= 4 is 28.6 Å². The van der Waals surface area contributed by atoms with Crippen molar-refractivity contribution < 1.29 is 14.6 Å². The Labute approximate surface area is 162 Å². The minimum atomic E-state index is -0.780. The van der Waals surface area contributed by atoms with Gasteiger partial charge in [-0.1, -0.05) is 0 Å². The molecule has 1 aromatic carbocycles. The summed E-state index contributed by atoms with van der Waals surface area (Å²) in [5.74, 6) is -0.650. The van der Waals surface area contributed by atoms with E-state index in [1.807, 2.05) is 6.07 Å². The number of rotatable bonds is 6. The number of thiazole rings is 1. The van der Waals surface area contributed by atoms with Crippen molar-refractivity contribution in [2.45, 2.75) is 13.5 Å². The van der Waals surface area contributed by atoms with Crippen LogP contribution in [0.15, 0.2) is 42.7 Å². The van der Waals surface area contributed by atoms with Crippen molar-refractivity contribution in [3.05, 3.63) is 79.1 Å². The van der Waals surface area contributed by atoms with Crippen LogP contribution in [0.5, 0.6) is 0 Å². The Bertz CT molecular complexity index is 1030. The Balaban J connectivity index is 1.79. The van der Waals surface area contributed by atoms with Gasteiger partial charge in [-0.25, -0.2) is 4.98 Å². The normalized spacial score (nSPS) is 10.5. The number of hydrogen-bond donors (Lipinski definition) is 1. The van der Waals surface area contributed by atoms with Crippen LogP contribution >= 0.6 is 11.3 Å². The van der Waals surface area contributed by atoms with E-state index in [-0.39, 0.29) is 12.1 Å². The van der Waals surface area contributed by atoms with Crippen LogP contribution in [0.3, 0.4) is 0 Å². The molecule has 0 saturated carbocycles. The molecule has 2 aromatic heterocycles. The fraction of sp³-hybridized carbons (Fsp3) is 0.118. The number of amides is 1. The highest BCUT2D eigenvalue weighted by atomic mass is 32.1. The zero-order valence-electron chi connectivity index (χ0n) is 14.5. The number of carbonyl (C=O) groups is 1. The van der Waals surface area contributed by atoms with Crippen LogP contribution in [0.4, 0.5) is 11.4 Å². The van der Waals surface area contributed by atoms with Crippen LogP contribution in [0.25, 0.3) is 10.6 Å². The largest absolute Gasteiger partial charge is 0.347 e. The van der Waals surface area contributed by atoms with Crippen molar-refractivity contribution in [1.29, 1.82) is 0 Å². The average Bonchev–Trinajstić information content (AvgIpc) is 3.07. The molecule has 0 saturated heterocycles. The molecule has 0 aliphatic carbocycles. The zero-order chi connectivity index (χ0) is 20.3. The Morgan fingerprint density at radius 3 is 2.43 bits per heavy atom. The maximum absolute atomic E-state index is 12.4. The zero-order valence-corrected chi connectivity index (χ0v) is 15.3. The molecular weight excluding hydrogens is 386 g/mol. The first kappa shape index (κ1) is 19.0. The van der Waals surface area contributed by atoms with Crippen LogP contribution in [0, 0.1) is 27.2 Å². The molecule has 1 N–H and O–H groups in total. The van der Waals surface area contributed by atoms with Gasteiger partial charge in [-0.15, -0.1) is 11.3 Å². The first-order valence-electron chi connectivity index (χ1n) is 7.94. The minimum absolute atomic E-state index is 0.138. The van der Waals surface area contributed by atoms with Crippen LogP contribution in [-0.2, 0) is 6.54 Å². The van der Waals surface area contributed by atoms with Gasteiger partial charge in [-0.05, 0) is 19.1 Å². The Hall–Kier alpha value is -3.73. The van der Waals surface area contributed by atoms with Crippen molar-refractivity contribution in [3.8, 4) is 10.6 Å². The van der Waals surface area contributed by atoms with Gasteiger partial charge >= 0.3 is 0 Å². The third-order valence-corrected chi connectivity index (χ3v) is 5.00. The van der Waals surface area contributed by atoms with Crippen LogP contribution in [0.2, 0.25) is 0 Å². The fourth-order valence-electron chi connectivity index (χ4n) is 2.40. The smallest absolute Gasteiger partial charge is 0.277 e. The highest BCUT2D eigenvalue weighted by Gasteiger charge is 2.20. The van der Waals surface area contributed by atoms with E-state index in [0.29, 0.717) is 0 Å². The average molecular weight is 399 g/mol. The third-order valence-electron chi connectivity index (χ3n) is 3.80. The molecule has 0 radical (unpaired) electrons. The number of aryl methyl sites for hydroxylation is 1. The number of nitrogens with one attached hydrogen (secondary N) is 1. The summed E-state index contributed by atoms with van der Waals surface area (Å²) in [6.45, 7) is 1.94. The highest BCUT2D eigenvalue weighted by molar-refractivity contribution is 7.15. The third kappa shape index (κ3) is 4.15. The summed E-state index contributed by atoms with van der Waals surface area (Å²) >= 11 is 1.38. The number of nitrogens with zero attached hydrogens (tertiary/aromatic N) is 4. The molecule has 0 atom stereocenters. The van der Waals surface area contributed by atoms with E-state index in [1.54, 1.807) is 25.4 Å².